The van der Waals surface area contributed by atoms with E-state index in [1.807, 2.05) is 0 Å². The second-order valence-corrected chi connectivity index (χ2v) is 7.74. The number of nitrogens with zero attached hydrogens (tertiary/aromatic N) is 4. The van der Waals surface area contributed by atoms with Gasteiger partial charge < -0.3 is 9.47 Å². The topological polar surface area (TPSA) is 25.5 Å². The van der Waals surface area contributed by atoms with Gasteiger partial charge in [0.25, 0.3) is 0 Å². The van der Waals surface area contributed by atoms with Crippen LogP contribution < -0.4 is 0 Å². The van der Waals surface area contributed by atoms with E-state index in [1.54, 1.807) is 0 Å². The molecule has 0 atom stereocenters. The van der Waals surface area contributed by atoms with Crippen LogP contribution in [0.5, 0.6) is 0 Å². The average Bonchev–Trinajstić information content (AvgIpc) is 3.19. The highest BCUT2D eigenvalue weighted by Gasteiger charge is 2.23. The first-order valence-corrected chi connectivity index (χ1v) is 8.73. The van der Waals surface area contributed by atoms with Crippen molar-refractivity contribution in [1.82, 2.24) is 18.9 Å². The molecule has 3 aromatic rings. The van der Waals surface area contributed by atoms with Crippen molar-refractivity contribution in [2.75, 3.05) is 19.6 Å². The van der Waals surface area contributed by atoms with Crippen LogP contribution in [0.4, 0.5) is 0 Å². The first-order valence-electron chi connectivity index (χ1n) is 8.73. The Labute approximate surface area is 162 Å². The number of aromatic nitrogens is 3. The first-order chi connectivity index (χ1) is 11.0. The Morgan fingerprint density at radius 1 is 1.00 bits per heavy atom. The number of fused-ring (bicyclic) bond motifs is 3. The highest BCUT2D eigenvalue weighted by atomic mass is 35.5. The minimum atomic E-state index is 0. The van der Waals surface area contributed by atoms with E-state index in [9.17, 15) is 0 Å². The predicted octanol–water partition coefficient (Wildman–Crippen LogP) is 4.53. The molecule has 4 rings (SSSR count). The third kappa shape index (κ3) is 3.67. The maximum atomic E-state index is 4.90. The molecule has 3 heterocycles. The van der Waals surface area contributed by atoms with Crippen molar-refractivity contribution < 1.29 is 0 Å². The smallest absolute Gasteiger partial charge is 0.215 e. The maximum Gasteiger partial charge on any atom is 0.215 e. The van der Waals surface area contributed by atoms with Crippen molar-refractivity contribution in [3.05, 3.63) is 36.2 Å². The number of imidazole rings is 2. The number of hydrogen-bond donors (Lipinski definition) is 0. The van der Waals surface area contributed by atoms with E-state index in [-0.39, 0.29) is 30.2 Å². The number of benzene rings is 1. The molecule has 6 heteroatoms. The van der Waals surface area contributed by atoms with Gasteiger partial charge in [0.2, 0.25) is 5.78 Å². The molecular formula is C19H28Cl2N4. The van der Waals surface area contributed by atoms with Gasteiger partial charge in [-0.25, -0.2) is 4.98 Å². The molecular weight excluding hydrogens is 355 g/mol. The molecule has 1 saturated heterocycles. The monoisotopic (exact) mass is 382 g/mol. The lowest BCUT2D eigenvalue weighted by atomic mass is 9.92. The van der Waals surface area contributed by atoms with E-state index in [1.165, 1.54) is 37.1 Å². The van der Waals surface area contributed by atoms with Gasteiger partial charge in [-0.15, -0.1) is 24.8 Å². The lowest BCUT2D eigenvalue weighted by molar-refractivity contribution is 0.319. The SMILES string of the molecule is CC(C)(C)c1cn2c3ccccc3nc2n1CCN1CCCC1.Cl.Cl. The molecule has 1 aromatic carbocycles. The molecule has 138 valence electrons. The van der Waals surface area contributed by atoms with Gasteiger partial charge in [-0.05, 0) is 38.1 Å². The Morgan fingerprint density at radius 2 is 1.68 bits per heavy atom. The van der Waals surface area contributed by atoms with Crippen LogP contribution in [-0.2, 0) is 12.0 Å². The Bertz CT molecular complexity index is 838. The molecule has 0 aliphatic carbocycles. The van der Waals surface area contributed by atoms with E-state index < -0.39 is 0 Å². The van der Waals surface area contributed by atoms with Crippen molar-refractivity contribution in [3.63, 3.8) is 0 Å². The van der Waals surface area contributed by atoms with Crippen molar-refractivity contribution in [2.45, 2.75) is 45.6 Å². The summed E-state index contributed by atoms with van der Waals surface area (Å²) in [6.45, 7) is 11.5. The zero-order valence-corrected chi connectivity index (χ0v) is 16.9. The Kier molecular flexibility index (Phi) is 6.08. The van der Waals surface area contributed by atoms with Crippen LogP contribution in [0.15, 0.2) is 30.5 Å². The van der Waals surface area contributed by atoms with Gasteiger partial charge in [-0.3, -0.25) is 4.40 Å². The fourth-order valence-corrected chi connectivity index (χ4v) is 3.72. The average molecular weight is 383 g/mol. The van der Waals surface area contributed by atoms with Crippen molar-refractivity contribution in [3.8, 4) is 0 Å². The van der Waals surface area contributed by atoms with E-state index in [0.717, 1.165) is 24.4 Å². The van der Waals surface area contributed by atoms with E-state index >= 15 is 0 Å². The number of para-hydroxylation sites is 2. The molecule has 0 radical (unpaired) electrons. The summed E-state index contributed by atoms with van der Waals surface area (Å²) in [5.41, 5.74) is 3.77. The Hall–Kier alpha value is -1.23. The second kappa shape index (κ2) is 7.56. The van der Waals surface area contributed by atoms with Crippen LogP contribution in [0.1, 0.15) is 39.3 Å². The standard InChI is InChI=1S/C19H26N4.2ClH/c1-19(2,3)17-14-23-16-9-5-4-8-15(16)20-18(23)22(17)13-12-21-10-6-7-11-21;;/h4-5,8-9,14H,6-7,10-13H2,1-3H3;2*1H. The summed E-state index contributed by atoms with van der Waals surface area (Å²) in [5.74, 6) is 1.08. The third-order valence-corrected chi connectivity index (χ3v) is 4.97. The van der Waals surface area contributed by atoms with Gasteiger partial charge in [0.05, 0.1) is 11.0 Å². The summed E-state index contributed by atoms with van der Waals surface area (Å²) >= 11 is 0. The molecule has 0 spiro atoms. The molecule has 4 nitrogen and oxygen atoms in total. The van der Waals surface area contributed by atoms with E-state index in [2.05, 4.69) is 65.1 Å². The zero-order valence-electron chi connectivity index (χ0n) is 15.2. The Balaban J connectivity index is 0.00000113. The van der Waals surface area contributed by atoms with Gasteiger partial charge in [0.15, 0.2) is 0 Å². The summed E-state index contributed by atoms with van der Waals surface area (Å²) in [4.78, 5) is 7.48. The second-order valence-electron chi connectivity index (χ2n) is 7.74. The molecule has 25 heavy (non-hydrogen) atoms. The number of halogens is 2. The maximum absolute atomic E-state index is 4.90. The van der Waals surface area contributed by atoms with E-state index in [4.69, 9.17) is 4.98 Å². The zero-order chi connectivity index (χ0) is 16.0. The van der Waals surface area contributed by atoms with Crippen molar-refractivity contribution in [1.29, 1.82) is 0 Å². The van der Waals surface area contributed by atoms with Crippen molar-refractivity contribution >= 4 is 41.6 Å². The van der Waals surface area contributed by atoms with Gasteiger partial charge in [-0.2, -0.15) is 0 Å². The van der Waals surface area contributed by atoms with Crippen LogP contribution in [0, 0.1) is 0 Å². The summed E-state index contributed by atoms with van der Waals surface area (Å²) in [6.07, 6.45) is 4.98. The van der Waals surface area contributed by atoms with Gasteiger partial charge in [0.1, 0.15) is 0 Å². The molecule has 0 saturated carbocycles. The lowest BCUT2D eigenvalue weighted by Crippen LogP contribution is -2.26. The molecule has 1 aliphatic heterocycles. The molecule has 0 N–H and O–H groups in total. The number of rotatable bonds is 3. The number of likely N-dealkylation sites (tertiary alicyclic amines) is 1. The molecule has 1 fully saturated rings. The van der Waals surface area contributed by atoms with Crippen LogP contribution >= 0.6 is 24.8 Å². The Morgan fingerprint density at radius 3 is 2.36 bits per heavy atom. The fourth-order valence-electron chi connectivity index (χ4n) is 3.72. The summed E-state index contributed by atoms with van der Waals surface area (Å²) < 4.78 is 4.69. The fraction of sp³-hybridized carbons (Fsp3) is 0.526. The van der Waals surface area contributed by atoms with Crippen LogP contribution in [0.25, 0.3) is 16.8 Å². The molecule has 0 amide bonds. The minimum Gasteiger partial charge on any atom is -0.312 e. The van der Waals surface area contributed by atoms with Crippen LogP contribution in [0.2, 0.25) is 0 Å². The van der Waals surface area contributed by atoms with Crippen molar-refractivity contribution in [2.24, 2.45) is 0 Å². The molecule has 0 unspecified atom stereocenters. The summed E-state index contributed by atoms with van der Waals surface area (Å²) in [5, 5.41) is 0. The summed E-state index contributed by atoms with van der Waals surface area (Å²) in [7, 11) is 0. The normalized spacial score (nSPS) is 15.5. The largest absolute Gasteiger partial charge is 0.312 e. The molecule has 0 bridgehead atoms. The summed E-state index contributed by atoms with van der Waals surface area (Å²) in [6, 6.07) is 8.42. The minimum absolute atomic E-state index is 0. The molecule has 1 aliphatic rings. The van der Waals surface area contributed by atoms with Gasteiger partial charge >= 0.3 is 0 Å². The predicted molar refractivity (Wildman–Crippen MR) is 110 cm³/mol. The number of hydrogen-bond acceptors (Lipinski definition) is 2. The molecule has 2 aromatic heterocycles. The van der Waals surface area contributed by atoms with Gasteiger partial charge in [0, 0.05) is 30.4 Å². The van der Waals surface area contributed by atoms with E-state index in [0.29, 0.717) is 0 Å². The van der Waals surface area contributed by atoms with Gasteiger partial charge in [-0.1, -0.05) is 32.9 Å². The third-order valence-electron chi connectivity index (χ3n) is 4.97. The highest BCUT2D eigenvalue weighted by Crippen LogP contribution is 2.28. The highest BCUT2D eigenvalue weighted by molar-refractivity contribution is 5.85. The quantitative estimate of drug-likeness (QED) is 0.664. The van der Waals surface area contributed by atoms with Crippen LogP contribution in [-0.4, -0.2) is 38.5 Å². The first kappa shape index (κ1) is 20.1. The van der Waals surface area contributed by atoms with Crippen LogP contribution in [0.3, 0.4) is 0 Å². The lowest BCUT2D eigenvalue weighted by Gasteiger charge is -2.22.